The highest BCUT2D eigenvalue weighted by molar-refractivity contribution is 6.01. The Kier molecular flexibility index (Phi) is 6.60. The van der Waals surface area contributed by atoms with Crippen LogP contribution < -0.4 is 0 Å². The van der Waals surface area contributed by atoms with Crippen LogP contribution in [-0.4, -0.2) is 57.8 Å². The van der Waals surface area contributed by atoms with Crippen LogP contribution >= 0.6 is 0 Å². The minimum absolute atomic E-state index is 0.00251. The minimum atomic E-state index is -2.34. The zero-order valence-electron chi connectivity index (χ0n) is 23.3. The summed E-state index contributed by atoms with van der Waals surface area (Å²) in [5.74, 6) is -3.64. The van der Waals surface area contributed by atoms with Gasteiger partial charge in [0.15, 0.2) is 11.5 Å². The van der Waals surface area contributed by atoms with Gasteiger partial charge < -0.3 is 19.7 Å². The Hall–Kier alpha value is -2.29. The van der Waals surface area contributed by atoms with Gasteiger partial charge in [-0.15, -0.1) is 0 Å². The van der Waals surface area contributed by atoms with Gasteiger partial charge in [-0.3, -0.25) is 4.79 Å². The molecule has 2 N–H and O–H groups in total. The van der Waals surface area contributed by atoms with Crippen molar-refractivity contribution in [2.45, 2.75) is 103 Å². The summed E-state index contributed by atoms with van der Waals surface area (Å²) in [6.07, 6.45) is 0.744. The molecule has 4 saturated carbocycles. The minimum Gasteiger partial charge on any atom is -0.478 e. The summed E-state index contributed by atoms with van der Waals surface area (Å²) in [6, 6.07) is 0. The summed E-state index contributed by atoms with van der Waals surface area (Å²) in [5.41, 5.74) is -7.40. The molecule has 7 nitrogen and oxygen atoms in total. The Bertz CT molecular complexity index is 1130. The van der Waals surface area contributed by atoms with Crippen LogP contribution in [0.4, 0.5) is 13.6 Å². The van der Waals surface area contributed by atoms with Gasteiger partial charge in [-0.2, -0.15) is 0 Å². The second-order valence-corrected chi connectivity index (χ2v) is 13.5. The Morgan fingerprint density at radius 3 is 2.28 bits per heavy atom. The van der Waals surface area contributed by atoms with Gasteiger partial charge in [0.25, 0.3) is 0 Å². The first-order valence-electron chi connectivity index (χ1n) is 14.2. The number of carbonyl (C=O) groups is 3. The summed E-state index contributed by atoms with van der Waals surface area (Å²) >= 11 is 0. The largest absolute Gasteiger partial charge is 0.509 e. The molecule has 0 heterocycles. The maximum Gasteiger partial charge on any atom is 0.509 e. The first kappa shape index (κ1) is 28.2. The van der Waals surface area contributed by atoms with E-state index in [9.17, 15) is 24.6 Å². The molecule has 0 radical (unpaired) electrons. The van der Waals surface area contributed by atoms with Crippen molar-refractivity contribution in [3.05, 3.63) is 23.8 Å². The SMILES string of the molecule is C[C@@H]1CC(OC(=O)O[C@]2(C(=O)O)[C@H](C)C[C@H]3[C@@H]4C[C@H](F)C5=CC(=O)C=C[C@]5(C)[C@@]4(F)[C@@H](O)C[C@@]32C)C[C@H](C)C1. The molecule has 0 amide bonds. The van der Waals surface area contributed by atoms with Crippen molar-refractivity contribution in [2.24, 2.45) is 40.4 Å². The number of ketones is 1. The van der Waals surface area contributed by atoms with Crippen LogP contribution in [0.3, 0.4) is 0 Å². The molecule has 12 atom stereocenters. The van der Waals surface area contributed by atoms with E-state index < -0.39 is 76.1 Å². The van der Waals surface area contributed by atoms with E-state index in [0.29, 0.717) is 24.7 Å². The number of ether oxygens (including phenoxy) is 2. The molecular formula is C30H40F2O7. The number of aliphatic carboxylic acids is 1. The third-order valence-corrected chi connectivity index (χ3v) is 11.1. The predicted octanol–water partition coefficient (Wildman–Crippen LogP) is 5.35. The summed E-state index contributed by atoms with van der Waals surface area (Å²) < 4.78 is 44.4. The summed E-state index contributed by atoms with van der Waals surface area (Å²) in [6.45, 7) is 8.90. The Morgan fingerprint density at radius 1 is 1.03 bits per heavy atom. The number of carbonyl (C=O) groups excluding carboxylic acids is 2. The highest BCUT2D eigenvalue weighted by Gasteiger charge is 2.78. The third-order valence-electron chi connectivity index (χ3n) is 11.1. The van der Waals surface area contributed by atoms with Gasteiger partial charge in [0.05, 0.1) is 6.10 Å². The molecule has 0 aromatic rings. The molecule has 0 aliphatic heterocycles. The summed E-state index contributed by atoms with van der Waals surface area (Å²) in [7, 11) is 0. The fraction of sp³-hybridized carbons (Fsp3) is 0.767. The molecule has 0 bridgehead atoms. The van der Waals surface area contributed by atoms with Gasteiger partial charge in [0.2, 0.25) is 5.60 Å². The highest BCUT2D eigenvalue weighted by Crippen LogP contribution is 2.71. The molecule has 39 heavy (non-hydrogen) atoms. The molecule has 0 aromatic carbocycles. The van der Waals surface area contributed by atoms with E-state index >= 15 is 8.78 Å². The lowest BCUT2D eigenvalue weighted by Crippen LogP contribution is -2.71. The lowest BCUT2D eigenvalue weighted by Gasteiger charge is -2.62. The highest BCUT2D eigenvalue weighted by atomic mass is 19.1. The average molecular weight is 551 g/mol. The number of carboxylic acid groups (broad SMARTS) is 1. The number of fused-ring (bicyclic) bond motifs is 5. The Labute approximate surface area is 228 Å². The lowest BCUT2D eigenvalue weighted by atomic mass is 9.44. The van der Waals surface area contributed by atoms with E-state index in [4.69, 9.17) is 9.47 Å². The Morgan fingerprint density at radius 2 is 1.67 bits per heavy atom. The van der Waals surface area contributed by atoms with Crippen molar-refractivity contribution in [1.29, 1.82) is 0 Å². The summed E-state index contributed by atoms with van der Waals surface area (Å²) in [5, 5.41) is 22.1. The molecule has 1 unspecified atom stereocenters. The van der Waals surface area contributed by atoms with Crippen LogP contribution in [0, 0.1) is 40.4 Å². The monoisotopic (exact) mass is 550 g/mol. The van der Waals surface area contributed by atoms with E-state index in [0.717, 1.165) is 12.5 Å². The maximum atomic E-state index is 17.4. The molecule has 216 valence electrons. The second-order valence-electron chi connectivity index (χ2n) is 13.5. The van der Waals surface area contributed by atoms with Crippen LogP contribution in [0.1, 0.15) is 73.1 Å². The summed E-state index contributed by atoms with van der Waals surface area (Å²) in [4.78, 5) is 38.2. The molecule has 0 saturated heterocycles. The lowest BCUT2D eigenvalue weighted by molar-refractivity contribution is -0.232. The fourth-order valence-electron chi connectivity index (χ4n) is 9.50. The number of rotatable bonds is 3. The topological polar surface area (TPSA) is 110 Å². The molecule has 0 spiro atoms. The number of allylic oxidation sites excluding steroid dienone is 4. The van der Waals surface area contributed by atoms with Crippen molar-refractivity contribution in [3.63, 3.8) is 0 Å². The first-order valence-corrected chi connectivity index (χ1v) is 14.2. The fourth-order valence-corrected chi connectivity index (χ4v) is 9.50. The second kappa shape index (κ2) is 9.11. The number of hydrogen-bond acceptors (Lipinski definition) is 6. The average Bonchev–Trinajstić information content (AvgIpc) is 3.03. The number of halogens is 2. The molecule has 5 aliphatic carbocycles. The molecular weight excluding hydrogens is 510 g/mol. The Balaban J connectivity index is 1.50. The predicted molar refractivity (Wildman–Crippen MR) is 137 cm³/mol. The molecule has 4 fully saturated rings. The molecule has 5 aliphatic rings. The van der Waals surface area contributed by atoms with Crippen LogP contribution in [0.15, 0.2) is 23.8 Å². The smallest absolute Gasteiger partial charge is 0.478 e. The third kappa shape index (κ3) is 3.77. The van der Waals surface area contributed by atoms with E-state index in [1.807, 2.05) is 0 Å². The maximum absolute atomic E-state index is 17.4. The van der Waals surface area contributed by atoms with E-state index in [2.05, 4.69) is 13.8 Å². The van der Waals surface area contributed by atoms with E-state index in [-0.39, 0.29) is 24.8 Å². The van der Waals surface area contributed by atoms with Crippen molar-refractivity contribution in [2.75, 3.05) is 0 Å². The molecule has 5 rings (SSSR count). The van der Waals surface area contributed by atoms with Gasteiger partial charge in [-0.1, -0.05) is 33.8 Å². The normalized spacial score (nSPS) is 50.8. The van der Waals surface area contributed by atoms with Crippen molar-refractivity contribution in [1.82, 2.24) is 0 Å². The van der Waals surface area contributed by atoms with Crippen LogP contribution in [0.5, 0.6) is 0 Å². The quantitative estimate of drug-likeness (QED) is 0.456. The van der Waals surface area contributed by atoms with Gasteiger partial charge in [0.1, 0.15) is 12.3 Å². The van der Waals surface area contributed by atoms with Gasteiger partial charge >= 0.3 is 12.1 Å². The first-order chi connectivity index (χ1) is 18.1. The van der Waals surface area contributed by atoms with Gasteiger partial charge in [0, 0.05) is 22.7 Å². The molecule has 9 heteroatoms. The number of hydrogen-bond donors (Lipinski definition) is 2. The van der Waals surface area contributed by atoms with Gasteiger partial charge in [-0.05, 0) is 80.9 Å². The van der Waals surface area contributed by atoms with Crippen LogP contribution in [-0.2, 0) is 19.1 Å². The van der Waals surface area contributed by atoms with Crippen molar-refractivity contribution >= 4 is 17.9 Å². The van der Waals surface area contributed by atoms with Crippen molar-refractivity contribution in [3.8, 4) is 0 Å². The standard InChI is InChI=1S/C30H40F2O7/c1-15-8-16(2)10-19(9-15)38-26(37)39-30(25(35)36)17(3)11-20-21-13-23(31)22-12-18(33)6-7-27(22,4)29(21,32)24(34)14-28(20,30)5/h6-7,12,15-17,19-21,23-24,34H,8-11,13-14H2,1-5H3,(H,35,36)/t15-,16+,17-,19?,20+,21+,23+,24+,27+,28+,29+,30+/m1/s1. The molecule has 0 aromatic heterocycles. The van der Waals surface area contributed by atoms with E-state index in [1.165, 1.54) is 19.1 Å². The zero-order valence-corrected chi connectivity index (χ0v) is 23.3. The number of aliphatic hydroxyl groups excluding tert-OH is 1. The van der Waals surface area contributed by atoms with Gasteiger partial charge in [-0.25, -0.2) is 18.4 Å². The van der Waals surface area contributed by atoms with Crippen LogP contribution in [0.2, 0.25) is 0 Å². The van der Waals surface area contributed by atoms with Crippen LogP contribution in [0.25, 0.3) is 0 Å². The number of aliphatic hydroxyl groups is 1. The number of alkyl halides is 2. The number of carboxylic acids is 1. The van der Waals surface area contributed by atoms with E-state index in [1.54, 1.807) is 13.8 Å². The van der Waals surface area contributed by atoms with Crippen molar-refractivity contribution < 1.29 is 42.9 Å². The zero-order chi connectivity index (χ0) is 28.7.